The Bertz CT molecular complexity index is 642. The van der Waals surface area contributed by atoms with E-state index in [1.807, 2.05) is 0 Å². The van der Waals surface area contributed by atoms with Crippen LogP contribution >= 0.6 is 0 Å². The van der Waals surface area contributed by atoms with Gasteiger partial charge in [0.1, 0.15) is 12.4 Å². The fourth-order valence-corrected chi connectivity index (χ4v) is 3.30. The summed E-state index contributed by atoms with van der Waals surface area (Å²) in [6.45, 7) is 6.72. The summed E-state index contributed by atoms with van der Waals surface area (Å²) in [5.74, 6) is 0. The first-order chi connectivity index (χ1) is 14.9. The highest BCUT2D eigenvalue weighted by atomic mass is 32.3. The van der Waals surface area contributed by atoms with Gasteiger partial charge in [-0.2, -0.15) is 0 Å². The highest BCUT2D eigenvalue weighted by Crippen LogP contribution is 2.09. The van der Waals surface area contributed by atoms with Crippen LogP contribution in [0.1, 0.15) is 104 Å². The second-order valence-corrected chi connectivity index (χ2v) is 9.14. The Hall–Kier alpha value is -1.18. The van der Waals surface area contributed by atoms with E-state index in [0.29, 0.717) is 0 Å². The van der Waals surface area contributed by atoms with Crippen molar-refractivity contribution in [2.45, 2.75) is 117 Å². The Morgan fingerprint density at radius 1 is 0.871 bits per heavy atom. The molecule has 0 aliphatic carbocycles. The molecule has 0 radical (unpaired) electrons. The van der Waals surface area contributed by atoms with Crippen LogP contribution in [0.3, 0.4) is 0 Å². The number of nitrogens with zero attached hydrogens (tertiary/aromatic N) is 2. The van der Waals surface area contributed by atoms with Crippen molar-refractivity contribution in [2.75, 3.05) is 7.11 Å². The fraction of sp³-hybridized carbons (Fsp3) is 0.792. The van der Waals surface area contributed by atoms with Crippen molar-refractivity contribution in [3.05, 3.63) is 30.9 Å². The van der Waals surface area contributed by atoms with Gasteiger partial charge in [-0.3, -0.25) is 4.18 Å². The number of imidazole rings is 1. The maximum atomic E-state index is 9.22. The lowest BCUT2D eigenvalue weighted by molar-refractivity contribution is -0.696. The van der Waals surface area contributed by atoms with Crippen molar-refractivity contribution < 1.29 is 21.7 Å². The second-order valence-electron chi connectivity index (χ2n) is 7.99. The molecule has 0 N–H and O–H groups in total. The van der Waals surface area contributed by atoms with Crippen LogP contribution in [0, 0.1) is 0 Å². The molecule has 0 unspecified atom stereocenters. The van der Waals surface area contributed by atoms with E-state index in [2.05, 4.69) is 58.0 Å². The standard InChI is InChI=1S/C23H43N2.CH4O4S/c1-3-5-6-7-8-9-10-11-12-13-14-15-16-17-18-19-20-25-22-21-24(4-2)23-25;1-5-6(2,3)4/h11-12,21-23H,3-10,13-20H2,1-2H3;1H3,(H,2,3,4)/q+1;/p-1/b12-11-;. The van der Waals surface area contributed by atoms with Crippen LogP contribution in [-0.2, 0) is 27.7 Å². The van der Waals surface area contributed by atoms with Crippen LogP contribution in [0.5, 0.6) is 0 Å². The molecule has 0 atom stereocenters. The molecule has 0 spiro atoms. The first kappa shape index (κ1) is 29.8. The predicted molar refractivity (Wildman–Crippen MR) is 126 cm³/mol. The molecule has 0 aliphatic rings. The third-order valence-electron chi connectivity index (χ3n) is 5.24. The van der Waals surface area contributed by atoms with E-state index in [1.165, 1.54) is 96.4 Å². The van der Waals surface area contributed by atoms with Gasteiger partial charge >= 0.3 is 0 Å². The molecule has 182 valence electrons. The molecule has 1 rings (SSSR count). The van der Waals surface area contributed by atoms with Gasteiger partial charge in [-0.05, 0) is 45.4 Å². The number of rotatable bonds is 18. The predicted octanol–water partition coefficient (Wildman–Crippen LogP) is 5.93. The van der Waals surface area contributed by atoms with Gasteiger partial charge in [-0.25, -0.2) is 17.6 Å². The van der Waals surface area contributed by atoms with Crippen molar-refractivity contribution in [1.82, 2.24) is 4.57 Å². The Balaban J connectivity index is 0.00000131. The van der Waals surface area contributed by atoms with Gasteiger partial charge in [0.25, 0.3) is 0 Å². The number of hydrogen-bond donors (Lipinski definition) is 0. The van der Waals surface area contributed by atoms with Crippen molar-refractivity contribution in [3.63, 3.8) is 0 Å². The van der Waals surface area contributed by atoms with Crippen molar-refractivity contribution >= 4 is 10.4 Å². The Morgan fingerprint density at radius 2 is 1.35 bits per heavy atom. The first-order valence-corrected chi connectivity index (χ1v) is 13.5. The minimum atomic E-state index is -4.41. The van der Waals surface area contributed by atoms with Crippen LogP contribution in [0.25, 0.3) is 0 Å². The molecule has 7 heteroatoms. The Kier molecular flexibility index (Phi) is 19.9. The van der Waals surface area contributed by atoms with E-state index in [0.717, 1.165) is 13.7 Å². The van der Waals surface area contributed by atoms with Gasteiger partial charge in [0.05, 0.1) is 20.2 Å². The topological polar surface area (TPSA) is 75.2 Å². The van der Waals surface area contributed by atoms with Gasteiger partial charge in [0.2, 0.25) is 16.7 Å². The Labute approximate surface area is 191 Å². The first-order valence-electron chi connectivity index (χ1n) is 12.1. The van der Waals surface area contributed by atoms with Crippen molar-refractivity contribution in [3.8, 4) is 0 Å². The number of hydrogen-bond acceptors (Lipinski definition) is 4. The van der Waals surface area contributed by atoms with Gasteiger partial charge in [-0.1, -0.05) is 70.4 Å². The number of unbranched alkanes of at least 4 members (excludes halogenated alkanes) is 12. The zero-order valence-electron chi connectivity index (χ0n) is 20.1. The maximum Gasteiger partial charge on any atom is 0.243 e. The molecule has 0 bridgehead atoms. The number of allylic oxidation sites excluding steroid dienone is 2. The zero-order valence-corrected chi connectivity index (χ0v) is 21.0. The quantitative estimate of drug-likeness (QED) is 0.0898. The van der Waals surface area contributed by atoms with E-state index in [9.17, 15) is 13.0 Å². The molecule has 0 saturated heterocycles. The minimum absolute atomic E-state index is 0.808. The maximum absolute atomic E-state index is 9.22. The monoisotopic (exact) mass is 458 g/mol. The fourth-order valence-electron chi connectivity index (χ4n) is 3.30. The summed E-state index contributed by atoms with van der Waals surface area (Å²) in [7, 11) is -3.60. The lowest BCUT2D eigenvalue weighted by Gasteiger charge is -2.00. The van der Waals surface area contributed by atoms with Gasteiger partial charge < -0.3 is 4.55 Å². The van der Waals surface area contributed by atoms with Crippen molar-refractivity contribution in [1.29, 1.82) is 0 Å². The highest BCUT2D eigenvalue weighted by Gasteiger charge is 2.00. The molecule has 1 aromatic rings. The summed E-state index contributed by atoms with van der Waals surface area (Å²) < 4.78 is 35.6. The zero-order chi connectivity index (χ0) is 23.2. The lowest BCUT2D eigenvalue weighted by Crippen LogP contribution is -2.30. The molecule has 31 heavy (non-hydrogen) atoms. The molecule has 1 heterocycles. The average Bonchev–Trinajstić information content (AvgIpc) is 3.21. The largest absolute Gasteiger partial charge is 0.726 e. The van der Waals surface area contributed by atoms with E-state index in [4.69, 9.17) is 0 Å². The third-order valence-corrected chi connectivity index (χ3v) is 5.65. The van der Waals surface area contributed by atoms with Crippen LogP contribution in [0.15, 0.2) is 30.9 Å². The van der Waals surface area contributed by atoms with E-state index < -0.39 is 10.4 Å². The molecule has 0 aromatic carbocycles. The SMILES string of the molecule is CCCCCCCC/C=C\CCCCCCCC[n+]1ccn(CC)c1.COS(=O)(=O)[O-]. The second kappa shape index (κ2) is 20.7. The number of aryl methyl sites for hydroxylation is 2. The smallest absolute Gasteiger partial charge is 0.243 e. The van der Waals surface area contributed by atoms with Gasteiger partial charge in [0, 0.05) is 0 Å². The molecule has 0 aliphatic heterocycles. The molecule has 1 aromatic heterocycles. The lowest BCUT2D eigenvalue weighted by atomic mass is 10.1. The van der Waals surface area contributed by atoms with Gasteiger partial charge in [0.15, 0.2) is 0 Å². The van der Waals surface area contributed by atoms with Gasteiger partial charge in [-0.15, -0.1) is 0 Å². The normalized spacial score (nSPS) is 11.6. The minimum Gasteiger partial charge on any atom is -0.726 e. The van der Waals surface area contributed by atoms with Crippen LogP contribution in [0.2, 0.25) is 0 Å². The van der Waals surface area contributed by atoms with E-state index >= 15 is 0 Å². The third kappa shape index (κ3) is 21.8. The van der Waals surface area contributed by atoms with E-state index in [-0.39, 0.29) is 0 Å². The molecule has 6 nitrogen and oxygen atoms in total. The summed E-state index contributed by atoms with van der Waals surface area (Å²) in [5.41, 5.74) is 0. The summed E-state index contributed by atoms with van der Waals surface area (Å²) >= 11 is 0. The summed E-state index contributed by atoms with van der Waals surface area (Å²) in [4.78, 5) is 0. The average molecular weight is 459 g/mol. The summed E-state index contributed by atoms with van der Waals surface area (Å²) in [5, 5.41) is 0. The summed E-state index contributed by atoms with van der Waals surface area (Å²) in [6, 6.07) is 0. The molecule has 0 saturated carbocycles. The van der Waals surface area contributed by atoms with Crippen LogP contribution in [-0.4, -0.2) is 24.6 Å². The highest BCUT2D eigenvalue weighted by molar-refractivity contribution is 7.80. The molecular formula is C24H46N2O4S. The Morgan fingerprint density at radius 3 is 1.81 bits per heavy atom. The van der Waals surface area contributed by atoms with Crippen molar-refractivity contribution in [2.24, 2.45) is 0 Å². The number of aromatic nitrogens is 2. The molecule has 0 fully saturated rings. The summed E-state index contributed by atoms with van der Waals surface area (Å²) in [6.07, 6.45) is 30.7. The molecular weight excluding hydrogens is 412 g/mol. The van der Waals surface area contributed by atoms with Crippen LogP contribution in [0.4, 0.5) is 0 Å². The molecule has 0 amide bonds. The van der Waals surface area contributed by atoms with E-state index in [1.54, 1.807) is 0 Å². The van der Waals surface area contributed by atoms with Crippen LogP contribution < -0.4 is 4.57 Å².